The molecule has 0 aliphatic heterocycles. The van der Waals surface area contributed by atoms with Crippen molar-refractivity contribution < 1.29 is 27.8 Å². The number of amides is 1. The highest BCUT2D eigenvalue weighted by Gasteiger charge is 2.38. The zero-order chi connectivity index (χ0) is 23.6. The molecule has 176 valence electrons. The normalized spacial score (nSPS) is 20.7. The van der Waals surface area contributed by atoms with Crippen LogP contribution in [0.3, 0.4) is 0 Å². The molecule has 3 aromatic rings. The lowest BCUT2D eigenvalue weighted by Crippen LogP contribution is -2.39. The maximum Gasteiger partial charge on any atom is 0.407 e. The second-order valence-corrected chi connectivity index (χ2v) is 9.16. The summed E-state index contributed by atoms with van der Waals surface area (Å²) in [6, 6.07) is 10.1. The van der Waals surface area contributed by atoms with Crippen molar-refractivity contribution in [1.82, 2.24) is 15.3 Å². The van der Waals surface area contributed by atoms with E-state index in [9.17, 15) is 23.1 Å². The molecule has 2 heterocycles. The van der Waals surface area contributed by atoms with Gasteiger partial charge in [-0.1, -0.05) is 30.3 Å². The van der Waals surface area contributed by atoms with E-state index in [1.165, 1.54) is 12.4 Å². The highest BCUT2D eigenvalue weighted by molar-refractivity contribution is 7.18. The number of alkyl halides is 3. The van der Waals surface area contributed by atoms with Gasteiger partial charge >= 0.3 is 12.3 Å². The predicted octanol–water partition coefficient (Wildman–Crippen LogP) is 4.05. The van der Waals surface area contributed by atoms with E-state index in [1.54, 1.807) is 11.9 Å². The van der Waals surface area contributed by atoms with Crippen LogP contribution in [-0.2, 0) is 17.8 Å². The number of ether oxygens (including phenoxy) is 1. The number of carbonyl (C=O) groups excluding carboxylic acids is 1. The van der Waals surface area contributed by atoms with Crippen LogP contribution in [0.1, 0.15) is 23.3 Å². The smallest absolute Gasteiger partial charge is 0.407 e. The van der Waals surface area contributed by atoms with Crippen molar-refractivity contribution in [2.75, 3.05) is 11.9 Å². The van der Waals surface area contributed by atoms with Crippen molar-refractivity contribution in [3.05, 3.63) is 53.2 Å². The summed E-state index contributed by atoms with van der Waals surface area (Å²) in [6.45, 7) is 0.141. The molecule has 0 saturated heterocycles. The quantitative estimate of drug-likeness (QED) is 0.554. The van der Waals surface area contributed by atoms with E-state index in [2.05, 4.69) is 15.3 Å². The highest BCUT2D eigenvalue weighted by atomic mass is 32.1. The summed E-state index contributed by atoms with van der Waals surface area (Å²) in [4.78, 5) is 22.9. The number of aliphatic hydroxyl groups excluding tert-OH is 1. The van der Waals surface area contributed by atoms with Gasteiger partial charge in [0, 0.05) is 18.0 Å². The Labute approximate surface area is 192 Å². The number of halogens is 3. The maximum absolute atomic E-state index is 12.8. The minimum absolute atomic E-state index is 0.141. The van der Waals surface area contributed by atoms with Gasteiger partial charge in [0.2, 0.25) is 0 Å². The molecule has 1 amide bonds. The van der Waals surface area contributed by atoms with E-state index >= 15 is 0 Å². The molecule has 2 N–H and O–H groups in total. The molecule has 0 spiro atoms. The number of anilines is 1. The lowest BCUT2D eigenvalue weighted by Gasteiger charge is -2.28. The zero-order valence-electron chi connectivity index (χ0n) is 17.7. The van der Waals surface area contributed by atoms with Crippen LogP contribution in [-0.4, -0.2) is 52.6 Å². The molecule has 0 bridgehead atoms. The number of hydrogen-bond acceptors (Lipinski definition) is 7. The lowest BCUT2D eigenvalue weighted by molar-refractivity contribution is -0.126. The molecule has 1 aromatic carbocycles. The van der Waals surface area contributed by atoms with Crippen LogP contribution >= 0.6 is 11.3 Å². The topological polar surface area (TPSA) is 87.6 Å². The molecule has 1 aliphatic carbocycles. The van der Waals surface area contributed by atoms with Gasteiger partial charge in [0.15, 0.2) is 0 Å². The van der Waals surface area contributed by atoms with Gasteiger partial charge in [-0.25, -0.2) is 14.8 Å². The highest BCUT2D eigenvalue weighted by Crippen LogP contribution is 2.36. The number of thiophene rings is 1. The van der Waals surface area contributed by atoms with Crippen LogP contribution in [0.25, 0.3) is 10.2 Å². The van der Waals surface area contributed by atoms with Gasteiger partial charge in [0.05, 0.1) is 24.0 Å². The molecule has 1 saturated carbocycles. The van der Waals surface area contributed by atoms with Gasteiger partial charge in [-0.3, -0.25) is 0 Å². The van der Waals surface area contributed by atoms with Gasteiger partial charge in [-0.2, -0.15) is 13.2 Å². The molecule has 1 fully saturated rings. The van der Waals surface area contributed by atoms with Crippen molar-refractivity contribution in [3.63, 3.8) is 0 Å². The largest absolute Gasteiger partial charge is 0.445 e. The Balaban J connectivity index is 1.41. The van der Waals surface area contributed by atoms with Crippen LogP contribution in [0, 0.1) is 0 Å². The zero-order valence-corrected chi connectivity index (χ0v) is 18.6. The Morgan fingerprint density at radius 2 is 2.03 bits per heavy atom. The Morgan fingerprint density at radius 1 is 1.27 bits per heavy atom. The monoisotopic (exact) mass is 480 g/mol. The fraction of sp³-hybridized carbons (Fsp3) is 0.409. The molecule has 33 heavy (non-hydrogen) atoms. The van der Waals surface area contributed by atoms with Gasteiger partial charge in [-0.05, 0) is 24.5 Å². The number of hydrogen-bond donors (Lipinski definition) is 2. The van der Waals surface area contributed by atoms with Gasteiger partial charge in [0.1, 0.15) is 23.6 Å². The van der Waals surface area contributed by atoms with Gasteiger partial charge in [-0.15, -0.1) is 11.3 Å². The molecule has 11 heteroatoms. The van der Waals surface area contributed by atoms with Crippen LogP contribution in [0.5, 0.6) is 0 Å². The Bertz CT molecular complexity index is 1110. The summed E-state index contributed by atoms with van der Waals surface area (Å²) in [5.41, 5.74) is 0.866. The number of nitrogens with one attached hydrogen (secondary N) is 1. The van der Waals surface area contributed by atoms with E-state index in [0.29, 0.717) is 28.9 Å². The first-order valence-corrected chi connectivity index (χ1v) is 11.2. The average molecular weight is 481 g/mol. The second-order valence-electron chi connectivity index (χ2n) is 8.04. The Morgan fingerprint density at radius 3 is 2.76 bits per heavy atom. The third-order valence-electron chi connectivity index (χ3n) is 5.60. The molecule has 2 aromatic heterocycles. The molecule has 7 nitrogen and oxygen atoms in total. The number of aromatic nitrogens is 2. The lowest BCUT2D eigenvalue weighted by atomic mass is 10.1. The van der Waals surface area contributed by atoms with E-state index in [4.69, 9.17) is 4.74 Å². The number of benzene rings is 1. The first-order valence-electron chi connectivity index (χ1n) is 10.4. The maximum atomic E-state index is 12.8. The van der Waals surface area contributed by atoms with Crippen molar-refractivity contribution in [1.29, 1.82) is 0 Å². The van der Waals surface area contributed by atoms with Crippen LogP contribution in [0.15, 0.2) is 42.7 Å². The van der Waals surface area contributed by atoms with Gasteiger partial charge in [0.25, 0.3) is 0 Å². The summed E-state index contributed by atoms with van der Waals surface area (Å²) >= 11 is 0.978. The first-order chi connectivity index (χ1) is 15.7. The minimum atomic E-state index is -4.31. The number of alkyl carbamates (subject to hydrolysis) is 1. The molecule has 0 unspecified atom stereocenters. The number of aliphatic hydroxyl groups is 1. The van der Waals surface area contributed by atoms with Crippen LogP contribution < -0.4 is 10.2 Å². The molecule has 3 atom stereocenters. The minimum Gasteiger partial charge on any atom is -0.445 e. The summed E-state index contributed by atoms with van der Waals surface area (Å²) in [7, 11) is 1.73. The molecule has 0 radical (unpaired) electrons. The Kier molecular flexibility index (Phi) is 6.71. The molecular formula is C22H23F3N4O3S. The van der Waals surface area contributed by atoms with Crippen molar-refractivity contribution in [2.45, 2.75) is 50.2 Å². The molecule has 1 aliphatic rings. The van der Waals surface area contributed by atoms with E-state index in [0.717, 1.165) is 16.9 Å². The summed E-state index contributed by atoms with van der Waals surface area (Å²) in [6.07, 6.45) is -4.60. The second kappa shape index (κ2) is 9.52. The first kappa shape index (κ1) is 23.2. The van der Waals surface area contributed by atoms with Crippen LogP contribution in [0.4, 0.5) is 23.8 Å². The van der Waals surface area contributed by atoms with Crippen molar-refractivity contribution >= 4 is 33.5 Å². The molecule has 4 rings (SSSR count). The number of likely N-dealkylation sites (N-methyl/N-ethyl adjacent to an activating group) is 1. The van der Waals surface area contributed by atoms with Gasteiger partial charge < -0.3 is 20.1 Å². The van der Waals surface area contributed by atoms with Crippen molar-refractivity contribution in [3.8, 4) is 0 Å². The van der Waals surface area contributed by atoms with E-state index in [-0.39, 0.29) is 23.6 Å². The van der Waals surface area contributed by atoms with E-state index in [1.807, 2.05) is 30.3 Å². The standard InChI is InChI=1S/C22H23F3N4O3S/c1-29(19-16-9-15(10-22(23,24)25)33-20(16)27-12-26-19)17-7-14(8-18(17)30)28-21(31)32-11-13-5-3-2-4-6-13/h2-6,9,12,14,17-18,30H,7-8,10-11H2,1H3,(H,28,31)/t14-,17+,18-/m1/s1. The molecular weight excluding hydrogens is 457 g/mol. The third-order valence-corrected chi connectivity index (χ3v) is 6.64. The van der Waals surface area contributed by atoms with Crippen molar-refractivity contribution in [2.24, 2.45) is 0 Å². The average Bonchev–Trinajstić information content (AvgIpc) is 3.33. The number of fused-ring (bicyclic) bond motifs is 1. The predicted molar refractivity (Wildman–Crippen MR) is 118 cm³/mol. The Hall–Kier alpha value is -2.92. The summed E-state index contributed by atoms with van der Waals surface area (Å²) < 4.78 is 43.7. The fourth-order valence-corrected chi connectivity index (χ4v) is 5.10. The van der Waals surface area contributed by atoms with E-state index < -0.39 is 24.8 Å². The fourth-order valence-electron chi connectivity index (χ4n) is 4.07. The van der Waals surface area contributed by atoms with Crippen LogP contribution in [0.2, 0.25) is 0 Å². The summed E-state index contributed by atoms with van der Waals surface area (Å²) in [5, 5.41) is 13.9. The number of nitrogens with zero attached hydrogens (tertiary/aromatic N) is 3. The summed E-state index contributed by atoms with van der Waals surface area (Å²) in [5.74, 6) is 0.445. The SMILES string of the molecule is CN(c1ncnc2sc(CC(F)(F)F)cc12)[C@H]1C[C@@H](NC(=O)OCc2ccccc2)C[C@H]1O. The number of carbonyl (C=O) groups is 1. The third kappa shape index (κ3) is 5.72. The number of rotatable bonds is 6.